The number of nitrogens with zero attached hydrogens (tertiary/aromatic N) is 4. The highest BCUT2D eigenvalue weighted by Crippen LogP contribution is 2.29. The summed E-state index contributed by atoms with van der Waals surface area (Å²) in [6.07, 6.45) is 2.14. The molecule has 0 fully saturated rings. The SMILES string of the molecule is CCc1nn(C(CC)CC#N)c(CC)c1[N+](=O)[O-]. The van der Waals surface area contributed by atoms with E-state index in [0.29, 0.717) is 30.7 Å². The molecule has 0 amide bonds. The fraction of sp³-hybridized carbons (Fsp3) is 0.667. The predicted molar refractivity (Wildman–Crippen MR) is 67.2 cm³/mol. The molecule has 1 aromatic rings. The van der Waals surface area contributed by atoms with E-state index in [2.05, 4.69) is 11.2 Å². The van der Waals surface area contributed by atoms with Crippen molar-refractivity contribution in [3.8, 4) is 6.07 Å². The predicted octanol–water partition coefficient (Wildman–Crippen LogP) is 2.78. The second-order valence-corrected chi connectivity index (χ2v) is 4.08. The van der Waals surface area contributed by atoms with Crippen molar-refractivity contribution < 1.29 is 4.92 Å². The van der Waals surface area contributed by atoms with Crippen LogP contribution in [-0.4, -0.2) is 14.7 Å². The fourth-order valence-electron chi connectivity index (χ4n) is 2.10. The second-order valence-electron chi connectivity index (χ2n) is 4.08. The Kier molecular flexibility index (Phi) is 4.84. The lowest BCUT2D eigenvalue weighted by Gasteiger charge is -2.14. The molecule has 0 aromatic carbocycles. The van der Waals surface area contributed by atoms with Crippen molar-refractivity contribution in [2.45, 2.75) is 52.5 Å². The largest absolute Gasteiger partial charge is 0.313 e. The van der Waals surface area contributed by atoms with Crippen molar-refractivity contribution >= 4 is 5.69 Å². The van der Waals surface area contributed by atoms with Crippen molar-refractivity contribution in [1.82, 2.24) is 9.78 Å². The Morgan fingerprint density at radius 3 is 2.50 bits per heavy atom. The topological polar surface area (TPSA) is 84.8 Å². The third-order valence-electron chi connectivity index (χ3n) is 3.05. The molecule has 0 spiro atoms. The minimum atomic E-state index is -0.361. The molecule has 18 heavy (non-hydrogen) atoms. The van der Waals surface area contributed by atoms with Crippen molar-refractivity contribution in [2.24, 2.45) is 0 Å². The maximum Gasteiger partial charge on any atom is 0.313 e. The molecule has 6 nitrogen and oxygen atoms in total. The molecule has 98 valence electrons. The first-order valence-electron chi connectivity index (χ1n) is 6.22. The maximum absolute atomic E-state index is 11.1. The zero-order valence-electron chi connectivity index (χ0n) is 11.0. The molecule has 1 unspecified atom stereocenters. The standard InChI is InChI=1S/C12H18N4O2/c1-4-9(7-8-13)15-11(6-3)12(16(17)18)10(5-2)14-15/h9H,4-7H2,1-3H3. The average molecular weight is 250 g/mol. The van der Waals surface area contributed by atoms with E-state index >= 15 is 0 Å². The first-order chi connectivity index (χ1) is 8.60. The van der Waals surface area contributed by atoms with E-state index < -0.39 is 0 Å². The summed E-state index contributed by atoms with van der Waals surface area (Å²) >= 11 is 0. The molecule has 0 aliphatic carbocycles. The lowest BCUT2D eigenvalue weighted by atomic mass is 10.1. The molecule has 6 heteroatoms. The molecule has 1 heterocycles. The molecular formula is C12H18N4O2. The first-order valence-corrected chi connectivity index (χ1v) is 6.22. The van der Waals surface area contributed by atoms with Gasteiger partial charge in [0, 0.05) is 0 Å². The van der Waals surface area contributed by atoms with Gasteiger partial charge in [0.2, 0.25) is 0 Å². The molecule has 0 N–H and O–H groups in total. The molecule has 1 atom stereocenters. The fourth-order valence-corrected chi connectivity index (χ4v) is 2.10. The summed E-state index contributed by atoms with van der Waals surface area (Å²) < 4.78 is 1.68. The number of aromatic nitrogens is 2. The van der Waals surface area contributed by atoms with Crippen LogP contribution in [0.4, 0.5) is 5.69 Å². The first kappa shape index (κ1) is 14.2. The van der Waals surface area contributed by atoms with Crippen LogP contribution in [0.2, 0.25) is 0 Å². The Morgan fingerprint density at radius 1 is 1.44 bits per heavy atom. The van der Waals surface area contributed by atoms with Gasteiger partial charge in [0.1, 0.15) is 11.4 Å². The van der Waals surface area contributed by atoms with E-state index in [9.17, 15) is 10.1 Å². The van der Waals surface area contributed by atoms with E-state index in [1.807, 2.05) is 20.8 Å². The summed E-state index contributed by atoms with van der Waals surface area (Å²) in [7, 11) is 0. The van der Waals surface area contributed by atoms with E-state index in [-0.39, 0.29) is 16.7 Å². The minimum absolute atomic E-state index is 0.0797. The summed E-state index contributed by atoms with van der Waals surface area (Å²) in [4.78, 5) is 10.8. The third kappa shape index (κ3) is 2.50. The minimum Gasteiger partial charge on any atom is -0.258 e. The van der Waals surface area contributed by atoms with Crippen LogP contribution in [0.5, 0.6) is 0 Å². The summed E-state index contributed by atoms with van der Waals surface area (Å²) in [5.74, 6) is 0. The Balaban J connectivity index is 3.36. The van der Waals surface area contributed by atoms with Crippen LogP contribution >= 0.6 is 0 Å². The van der Waals surface area contributed by atoms with Gasteiger partial charge in [0.25, 0.3) is 0 Å². The normalized spacial score (nSPS) is 12.1. The van der Waals surface area contributed by atoms with E-state index in [1.54, 1.807) is 4.68 Å². The van der Waals surface area contributed by atoms with Crippen LogP contribution in [0.25, 0.3) is 0 Å². The molecule has 1 aromatic heterocycles. The zero-order valence-corrected chi connectivity index (χ0v) is 11.0. The Morgan fingerprint density at radius 2 is 2.11 bits per heavy atom. The van der Waals surface area contributed by atoms with Crippen LogP contribution in [0.3, 0.4) is 0 Å². The van der Waals surface area contributed by atoms with Crippen molar-refractivity contribution in [3.05, 3.63) is 21.5 Å². The molecule has 1 rings (SSSR count). The highest BCUT2D eigenvalue weighted by atomic mass is 16.6. The number of nitro groups is 1. The highest BCUT2D eigenvalue weighted by Gasteiger charge is 2.27. The van der Waals surface area contributed by atoms with Gasteiger partial charge in [-0.3, -0.25) is 14.8 Å². The molecule has 0 saturated carbocycles. The number of nitriles is 1. The Hall–Kier alpha value is -1.90. The smallest absolute Gasteiger partial charge is 0.258 e. The van der Waals surface area contributed by atoms with Crippen LogP contribution in [0.15, 0.2) is 0 Å². The van der Waals surface area contributed by atoms with Crippen LogP contribution in [0.1, 0.15) is 51.0 Å². The van der Waals surface area contributed by atoms with E-state index in [1.165, 1.54) is 0 Å². The van der Waals surface area contributed by atoms with Gasteiger partial charge < -0.3 is 0 Å². The van der Waals surface area contributed by atoms with Gasteiger partial charge in [0.05, 0.1) is 23.5 Å². The lowest BCUT2D eigenvalue weighted by Crippen LogP contribution is -2.12. The number of rotatable bonds is 6. The van der Waals surface area contributed by atoms with Crippen LogP contribution in [-0.2, 0) is 12.8 Å². The average Bonchev–Trinajstić information content (AvgIpc) is 2.74. The quantitative estimate of drug-likeness (QED) is 0.574. The molecule has 0 radical (unpaired) electrons. The van der Waals surface area contributed by atoms with Gasteiger partial charge in [0.15, 0.2) is 0 Å². The zero-order chi connectivity index (χ0) is 13.7. The maximum atomic E-state index is 11.1. The number of aryl methyl sites for hydroxylation is 1. The summed E-state index contributed by atoms with van der Waals surface area (Å²) in [6, 6.07) is 2.03. The monoisotopic (exact) mass is 250 g/mol. The van der Waals surface area contributed by atoms with Crippen LogP contribution in [0, 0.1) is 21.4 Å². The Labute approximate surface area is 106 Å². The van der Waals surface area contributed by atoms with Crippen molar-refractivity contribution in [2.75, 3.05) is 0 Å². The van der Waals surface area contributed by atoms with Crippen molar-refractivity contribution in [1.29, 1.82) is 5.26 Å². The summed E-state index contributed by atoms with van der Waals surface area (Å²) in [6.45, 7) is 5.68. The van der Waals surface area contributed by atoms with Gasteiger partial charge in [-0.2, -0.15) is 10.4 Å². The van der Waals surface area contributed by atoms with E-state index in [4.69, 9.17) is 5.26 Å². The lowest BCUT2D eigenvalue weighted by molar-refractivity contribution is -0.386. The summed E-state index contributed by atoms with van der Waals surface area (Å²) in [5, 5.41) is 24.3. The highest BCUT2D eigenvalue weighted by molar-refractivity contribution is 5.41. The van der Waals surface area contributed by atoms with E-state index in [0.717, 1.165) is 6.42 Å². The molecule has 0 aliphatic heterocycles. The number of hydrogen-bond acceptors (Lipinski definition) is 4. The van der Waals surface area contributed by atoms with Gasteiger partial charge in [-0.15, -0.1) is 0 Å². The molecule has 0 bridgehead atoms. The van der Waals surface area contributed by atoms with Gasteiger partial charge in [-0.05, 0) is 19.3 Å². The second kappa shape index (κ2) is 6.15. The van der Waals surface area contributed by atoms with Crippen LogP contribution < -0.4 is 0 Å². The molecule has 0 saturated heterocycles. The third-order valence-corrected chi connectivity index (χ3v) is 3.05. The number of hydrogen-bond donors (Lipinski definition) is 0. The molecular weight excluding hydrogens is 232 g/mol. The van der Waals surface area contributed by atoms with Gasteiger partial charge in [-0.1, -0.05) is 20.8 Å². The van der Waals surface area contributed by atoms with Crippen molar-refractivity contribution in [3.63, 3.8) is 0 Å². The summed E-state index contributed by atoms with van der Waals surface area (Å²) in [5.41, 5.74) is 1.25. The Bertz CT molecular complexity index is 473. The van der Waals surface area contributed by atoms with Gasteiger partial charge >= 0.3 is 5.69 Å². The van der Waals surface area contributed by atoms with Gasteiger partial charge in [-0.25, -0.2) is 0 Å². The molecule has 0 aliphatic rings.